The smallest absolute Gasteiger partial charge is 0.194 e. The summed E-state index contributed by atoms with van der Waals surface area (Å²) in [6.07, 6.45) is 0. The van der Waals surface area contributed by atoms with Crippen molar-refractivity contribution in [2.75, 3.05) is 0 Å². The summed E-state index contributed by atoms with van der Waals surface area (Å²) in [4.78, 5) is 1.46. The van der Waals surface area contributed by atoms with Gasteiger partial charge in [-0.25, -0.2) is 0 Å². The second-order valence-corrected chi connectivity index (χ2v) is 4.18. The van der Waals surface area contributed by atoms with E-state index in [0.29, 0.717) is 18.9 Å². The molecular formula is C12H14N6. The molecule has 0 aliphatic carbocycles. The third-order valence-electron chi connectivity index (χ3n) is 2.95. The van der Waals surface area contributed by atoms with Gasteiger partial charge in [0.05, 0.1) is 13.6 Å². The Labute approximate surface area is 104 Å². The maximum Gasteiger partial charge on any atom is 0.194 e. The highest BCUT2D eigenvalue weighted by Crippen LogP contribution is 2.20. The van der Waals surface area contributed by atoms with Gasteiger partial charge in [-0.3, -0.25) is 0 Å². The van der Waals surface area contributed by atoms with Gasteiger partial charge in [-0.15, -0.1) is 10.2 Å². The largest absolute Gasteiger partial charge is 0.335 e. The summed E-state index contributed by atoms with van der Waals surface area (Å²) in [5, 5.41) is 13.2. The molecule has 0 unspecified atom stereocenters. The Bertz CT molecular complexity index is 681. The van der Waals surface area contributed by atoms with Crippen LogP contribution >= 0.6 is 0 Å². The van der Waals surface area contributed by atoms with Gasteiger partial charge in [0.1, 0.15) is 0 Å². The second kappa shape index (κ2) is 4.23. The van der Waals surface area contributed by atoms with Gasteiger partial charge in [-0.1, -0.05) is 18.2 Å². The van der Waals surface area contributed by atoms with Crippen LogP contribution in [-0.4, -0.2) is 24.8 Å². The lowest BCUT2D eigenvalue weighted by molar-refractivity contribution is 0.624. The topological polar surface area (TPSA) is 74.5 Å². The zero-order chi connectivity index (χ0) is 12.5. The van der Waals surface area contributed by atoms with Crippen molar-refractivity contribution in [3.05, 3.63) is 41.9 Å². The standard InChI is InChI=1S/C12H14N6/c1-17-15-12(14-16-17)8-18-10(7-13)6-9-4-2-3-5-11(9)18/h2-6H,7-8,13H2,1H3. The Morgan fingerprint density at radius 3 is 2.83 bits per heavy atom. The van der Waals surface area contributed by atoms with Crippen LogP contribution in [0.25, 0.3) is 10.9 Å². The first-order chi connectivity index (χ1) is 8.78. The lowest BCUT2D eigenvalue weighted by Crippen LogP contribution is -2.09. The number of rotatable bonds is 3. The predicted molar refractivity (Wildman–Crippen MR) is 67.7 cm³/mol. The van der Waals surface area contributed by atoms with E-state index in [1.54, 1.807) is 7.05 Å². The monoisotopic (exact) mass is 242 g/mol. The molecule has 3 rings (SSSR count). The summed E-state index contributed by atoms with van der Waals surface area (Å²) in [6.45, 7) is 1.09. The Morgan fingerprint density at radius 2 is 2.11 bits per heavy atom. The van der Waals surface area contributed by atoms with Gasteiger partial charge in [-0.05, 0) is 22.7 Å². The molecule has 2 aromatic heterocycles. The number of para-hydroxylation sites is 1. The van der Waals surface area contributed by atoms with Gasteiger partial charge in [0.2, 0.25) is 0 Å². The van der Waals surface area contributed by atoms with Gasteiger partial charge >= 0.3 is 0 Å². The summed E-state index contributed by atoms with van der Waals surface area (Å²) in [5.41, 5.74) is 8.01. The summed E-state index contributed by atoms with van der Waals surface area (Å²) in [7, 11) is 1.76. The van der Waals surface area contributed by atoms with Crippen molar-refractivity contribution < 1.29 is 0 Å². The zero-order valence-electron chi connectivity index (χ0n) is 10.1. The van der Waals surface area contributed by atoms with Crippen LogP contribution in [0, 0.1) is 0 Å². The maximum atomic E-state index is 5.79. The number of aryl methyl sites for hydroxylation is 1. The van der Waals surface area contributed by atoms with Crippen molar-refractivity contribution in [3.63, 3.8) is 0 Å². The number of aromatic nitrogens is 5. The molecule has 6 heteroatoms. The Kier molecular flexibility index (Phi) is 2.56. The fourth-order valence-electron chi connectivity index (χ4n) is 2.15. The van der Waals surface area contributed by atoms with Crippen molar-refractivity contribution in [2.45, 2.75) is 13.1 Å². The van der Waals surface area contributed by atoms with E-state index in [0.717, 1.165) is 11.2 Å². The molecule has 0 radical (unpaired) electrons. The average molecular weight is 242 g/mol. The van der Waals surface area contributed by atoms with Gasteiger partial charge in [0, 0.05) is 17.8 Å². The van der Waals surface area contributed by atoms with Crippen LogP contribution < -0.4 is 5.73 Å². The number of fused-ring (bicyclic) bond motifs is 1. The zero-order valence-corrected chi connectivity index (χ0v) is 10.1. The molecule has 0 saturated heterocycles. The highest BCUT2D eigenvalue weighted by atomic mass is 15.6. The van der Waals surface area contributed by atoms with E-state index in [1.165, 1.54) is 10.2 Å². The first-order valence-electron chi connectivity index (χ1n) is 5.78. The Balaban J connectivity index is 2.09. The molecule has 0 fully saturated rings. The quantitative estimate of drug-likeness (QED) is 0.732. The third kappa shape index (κ3) is 1.76. The second-order valence-electron chi connectivity index (χ2n) is 4.18. The van der Waals surface area contributed by atoms with Crippen molar-refractivity contribution in [1.29, 1.82) is 0 Å². The molecule has 92 valence electrons. The highest BCUT2D eigenvalue weighted by Gasteiger charge is 2.10. The first-order valence-corrected chi connectivity index (χ1v) is 5.78. The van der Waals surface area contributed by atoms with Gasteiger partial charge in [-0.2, -0.15) is 4.80 Å². The van der Waals surface area contributed by atoms with Crippen molar-refractivity contribution >= 4 is 10.9 Å². The fraction of sp³-hybridized carbons (Fsp3) is 0.250. The van der Waals surface area contributed by atoms with Crippen LogP contribution in [0.4, 0.5) is 0 Å². The number of tetrazole rings is 1. The van der Waals surface area contributed by atoms with Gasteiger partial charge in [0.25, 0.3) is 0 Å². The van der Waals surface area contributed by atoms with Crippen molar-refractivity contribution in [2.24, 2.45) is 12.8 Å². The van der Waals surface area contributed by atoms with Crippen LogP contribution in [0.15, 0.2) is 30.3 Å². The van der Waals surface area contributed by atoms with Crippen LogP contribution in [0.3, 0.4) is 0 Å². The van der Waals surface area contributed by atoms with E-state index in [-0.39, 0.29) is 0 Å². The molecular weight excluding hydrogens is 228 g/mol. The summed E-state index contributed by atoms with van der Waals surface area (Å²) < 4.78 is 2.13. The maximum absolute atomic E-state index is 5.79. The minimum Gasteiger partial charge on any atom is -0.335 e. The van der Waals surface area contributed by atoms with Crippen LogP contribution in [0.1, 0.15) is 11.5 Å². The van der Waals surface area contributed by atoms with Crippen LogP contribution in [0.2, 0.25) is 0 Å². The minimum absolute atomic E-state index is 0.495. The normalized spacial score (nSPS) is 11.2. The molecule has 2 heterocycles. The lowest BCUT2D eigenvalue weighted by atomic mass is 10.2. The SMILES string of the molecule is Cn1nnc(Cn2c(CN)cc3ccccc32)n1. The van der Waals surface area contributed by atoms with Crippen LogP contribution in [0.5, 0.6) is 0 Å². The summed E-state index contributed by atoms with van der Waals surface area (Å²) in [6, 6.07) is 10.3. The van der Waals surface area contributed by atoms with E-state index in [4.69, 9.17) is 5.73 Å². The molecule has 18 heavy (non-hydrogen) atoms. The number of benzene rings is 1. The van der Waals surface area contributed by atoms with E-state index in [2.05, 4.69) is 38.2 Å². The van der Waals surface area contributed by atoms with Gasteiger partial charge in [0.15, 0.2) is 5.82 Å². The molecule has 6 nitrogen and oxygen atoms in total. The number of nitrogens with zero attached hydrogens (tertiary/aromatic N) is 5. The molecule has 1 aromatic carbocycles. The van der Waals surface area contributed by atoms with Gasteiger partial charge < -0.3 is 10.3 Å². The fourth-order valence-corrected chi connectivity index (χ4v) is 2.15. The molecule has 0 amide bonds. The molecule has 0 aliphatic heterocycles. The van der Waals surface area contributed by atoms with Crippen LogP contribution in [-0.2, 0) is 20.1 Å². The molecule has 0 saturated carbocycles. The summed E-state index contributed by atoms with van der Waals surface area (Å²) >= 11 is 0. The van der Waals surface area contributed by atoms with Crippen molar-refractivity contribution in [3.8, 4) is 0 Å². The lowest BCUT2D eigenvalue weighted by Gasteiger charge is -2.06. The molecule has 0 spiro atoms. The molecule has 0 aliphatic rings. The number of hydrogen-bond acceptors (Lipinski definition) is 4. The van der Waals surface area contributed by atoms with E-state index in [9.17, 15) is 0 Å². The summed E-state index contributed by atoms with van der Waals surface area (Å²) in [5.74, 6) is 0.688. The molecule has 2 N–H and O–H groups in total. The van der Waals surface area contributed by atoms with Crippen molar-refractivity contribution in [1.82, 2.24) is 24.8 Å². The van der Waals surface area contributed by atoms with E-state index < -0.39 is 0 Å². The molecule has 0 atom stereocenters. The first kappa shape index (κ1) is 10.9. The molecule has 3 aromatic rings. The third-order valence-corrected chi connectivity index (χ3v) is 2.95. The van der Waals surface area contributed by atoms with E-state index in [1.807, 2.05) is 12.1 Å². The number of hydrogen-bond donors (Lipinski definition) is 1. The minimum atomic E-state index is 0.495. The Hall–Kier alpha value is -2.21. The Morgan fingerprint density at radius 1 is 1.28 bits per heavy atom. The highest BCUT2D eigenvalue weighted by molar-refractivity contribution is 5.81. The molecule has 0 bridgehead atoms. The van der Waals surface area contributed by atoms with E-state index >= 15 is 0 Å². The number of nitrogens with two attached hydrogens (primary N) is 1. The predicted octanol–water partition coefficient (Wildman–Crippen LogP) is 0.672. The average Bonchev–Trinajstić information content (AvgIpc) is 2.94.